The minimum Gasteiger partial charge on any atom is -0.486 e. The predicted molar refractivity (Wildman–Crippen MR) is 84.5 cm³/mol. The van der Waals surface area contributed by atoms with Gasteiger partial charge < -0.3 is 20.1 Å². The van der Waals surface area contributed by atoms with E-state index in [4.69, 9.17) is 9.47 Å². The molecule has 122 valence electrons. The average molecular weight is 316 g/mol. The van der Waals surface area contributed by atoms with Crippen molar-refractivity contribution in [1.29, 1.82) is 0 Å². The van der Waals surface area contributed by atoms with Crippen LogP contribution in [0.1, 0.15) is 0 Å². The van der Waals surface area contributed by atoms with Gasteiger partial charge in [0.2, 0.25) is 5.91 Å². The summed E-state index contributed by atoms with van der Waals surface area (Å²) >= 11 is 0. The van der Waals surface area contributed by atoms with Gasteiger partial charge in [0.05, 0.1) is 19.6 Å². The standard InChI is InChI=1S/C16H20N4O3/c21-16(11-17-7-9-20-8-3-6-19-20)18-10-13-12-22-14-4-1-2-5-15(14)23-13/h1-6,8,13,17H,7,9-12H2,(H,18,21)/t13-/m0/s1. The summed E-state index contributed by atoms with van der Waals surface area (Å²) in [6.45, 7) is 2.55. The van der Waals surface area contributed by atoms with Crippen LogP contribution in [0.4, 0.5) is 0 Å². The van der Waals surface area contributed by atoms with Crippen molar-refractivity contribution in [3.05, 3.63) is 42.7 Å². The Hall–Kier alpha value is -2.54. The van der Waals surface area contributed by atoms with E-state index in [9.17, 15) is 4.79 Å². The molecule has 1 aromatic carbocycles. The summed E-state index contributed by atoms with van der Waals surface area (Å²) in [5, 5.41) is 10.0. The number of fused-ring (bicyclic) bond motifs is 1. The zero-order valence-corrected chi connectivity index (χ0v) is 12.8. The number of amides is 1. The van der Waals surface area contributed by atoms with Crippen molar-refractivity contribution in [3.8, 4) is 11.5 Å². The molecule has 0 aliphatic carbocycles. The number of nitrogens with zero attached hydrogens (tertiary/aromatic N) is 2. The molecule has 0 saturated heterocycles. The highest BCUT2D eigenvalue weighted by Gasteiger charge is 2.20. The van der Waals surface area contributed by atoms with Gasteiger partial charge in [-0.25, -0.2) is 0 Å². The number of hydrogen-bond acceptors (Lipinski definition) is 5. The second-order valence-electron chi connectivity index (χ2n) is 5.25. The molecule has 23 heavy (non-hydrogen) atoms. The van der Waals surface area contributed by atoms with E-state index in [1.807, 2.05) is 41.2 Å². The van der Waals surface area contributed by atoms with Gasteiger partial charge in [0.15, 0.2) is 11.5 Å². The fraction of sp³-hybridized carbons (Fsp3) is 0.375. The number of rotatable bonds is 7. The SMILES string of the molecule is O=C(CNCCn1cccn1)NC[C@H]1COc2ccccc2O1. The Kier molecular flexibility index (Phi) is 5.10. The summed E-state index contributed by atoms with van der Waals surface area (Å²) in [4.78, 5) is 11.8. The van der Waals surface area contributed by atoms with Crippen LogP contribution in [0.2, 0.25) is 0 Å². The lowest BCUT2D eigenvalue weighted by Crippen LogP contribution is -2.43. The molecule has 0 unspecified atom stereocenters. The molecule has 2 aromatic rings. The molecule has 0 bridgehead atoms. The van der Waals surface area contributed by atoms with Gasteiger partial charge in [-0.05, 0) is 18.2 Å². The molecular weight excluding hydrogens is 296 g/mol. The summed E-state index contributed by atoms with van der Waals surface area (Å²) in [7, 11) is 0. The van der Waals surface area contributed by atoms with Crippen molar-refractivity contribution in [3.63, 3.8) is 0 Å². The lowest BCUT2D eigenvalue weighted by Gasteiger charge is -2.26. The highest BCUT2D eigenvalue weighted by Crippen LogP contribution is 2.30. The molecule has 0 radical (unpaired) electrons. The third-order valence-corrected chi connectivity index (χ3v) is 3.46. The molecule has 1 atom stereocenters. The zero-order chi connectivity index (χ0) is 15.9. The molecule has 7 nitrogen and oxygen atoms in total. The van der Waals surface area contributed by atoms with Gasteiger partial charge in [-0.3, -0.25) is 9.48 Å². The topological polar surface area (TPSA) is 77.4 Å². The maximum atomic E-state index is 11.8. The van der Waals surface area contributed by atoms with Crippen molar-refractivity contribution in [2.75, 3.05) is 26.2 Å². The number of carbonyl (C=O) groups is 1. The molecule has 1 aliphatic heterocycles. The van der Waals surface area contributed by atoms with Gasteiger partial charge >= 0.3 is 0 Å². The summed E-state index contributed by atoms with van der Waals surface area (Å²) in [6.07, 6.45) is 3.45. The lowest BCUT2D eigenvalue weighted by atomic mass is 10.2. The number of benzene rings is 1. The predicted octanol–water partition coefficient (Wildman–Crippen LogP) is 0.429. The van der Waals surface area contributed by atoms with Crippen LogP contribution in [-0.2, 0) is 11.3 Å². The molecule has 0 spiro atoms. The molecule has 0 fully saturated rings. The molecule has 0 saturated carbocycles. The van der Waals surface area contributed by atoms with E-state index in [-0.39, 0.29) is 18.6 Å². The first-order valence-electron chi connectivity index (χ1n) is 7.64. The van der Waals surface area contributed by atoms with E-state index in [2.05, 4.69) is 15.7 Å². The van der Waals surface area contributed by atoms with Gasteiger partial charge in [-0.2, -0.15) is 5.10 Å². The van der Waals surface area contributed by atoms with Crippen LogP contribution in [0, 0.1) is 0 Å². The Morgan fingerprint density at radius 1 is 1.30 bits per heavy atom. The molecule has 2 N–H and O–H groups in total. The Morgan fingerprint density at radius 2 is 2.17 bits per heavy atom. The molecule has 1 aliphatic rings. The van der Waals surface area contributed by atoms with Crippen molar-refractivity contribution in [1.82, 2.24) is 20.4 Å². The van der Waals surface area contributed by atoms with Crippen LogP contribution in [0.25, 0.3) is 0 Å². The largest absolute Gasteiger partial charge is 0.486 e. The van der Waals surface area contributed by atoms with Crippen LogP contribution >= 0.6 is 0 Å². The van der Waals surface area contributed by atoms with Crippen LogP contribution in [0.15, 0.2) is 42.7 Å². The van der Waals surface area contributed by atoms with Crippen LogP contribution in [0.5, 0.6) is 11.5 Å². The fourth-order valence-corrected chi connectivity index (χ4v) is 2.28. The lowest BCUT2D eigenvalue weighted by molar-refractivity contribution is -0.120. The van der Waals surface area contributed by atoms with Crippen LogP contribution in [0.3, 0.4) is 0 Å². The highest BCUT2D eigenvalue weighted by molar-refractivity contribution is 5.78. The van der Waals surface area contributed by atoms with Crippen LogP contribution in [-0.4, -0.2) is 48.0 Å². The quantitative estimate of drug-likeness (QED) is 0.724. The van der Waals surface area contributed by atoms with Gasteiger partial charge in [0, 0.05) is 18.9 Å². The minimum absolute atomic E-state index is 0.0621. The average Bonchev–Trinajstić information content (AvgIpc) is 3.10. The Labute approximate surface area is 134 Å². The number of nitrogens with one attached hydrogen (secondary N) is 2. The number of carbonyl (C=O) groups excluding carboxylic acids is 1. The van der Waals surface area contributed by atoms with Crippen LogP contribution < -0.4 is 20.1 Å². The zero-order valence-electron chi connectivity index (χ0n) is 12.8. The Morgan fingerprint density at radius 3 is 3.00 bits per heavy atom. The maximum Gasteiger partial charge on any atom is 0.234 e. The molecule has 2 heterocycles. The van der Waals surface area contributed by atoms with E-state index in [1.54, 1.807) is 6.20 Å². The third kappa shape index (κ3) is 4.46. The van der Waals surface area contributed by atoms with E-state index >= 15 is 0 Å². The van der Waals surface area contributed by atoms with E-state index in [0.717, 1.165) is 18.0 Å². The summed E-state index contributed by atoms with van der Waals surface area (Å²) in [5.41, 5.74) is 0. The molecular formula is C16H20N4O3. The second-order valence-corrected chi connectivity index (χ2v) is 5.25. The number of ether oxygens (including phenoxy) is 2. The normalized spacial score (nSPS) is 16.1. The van der Waals surface area contributed by atoms with Crippen molar-refractivity contribution in [2.45, 2.75) is 12.6 Å². The smallest absolute Gasteiger partial charge is 0.234 e. The number of hydrogen-bond donors (Lipinski definition) is 2. The summed E-state index contributed by atoms with van der Waals surface area (Å²) in [5.74, 6) is 1.40. The molecule has 7 heteroatoms. The first kappa shape index (κ1) is 15.4. The van der Waals surface area contributed by atoms with E-state index in [0.29, 0.717) is 19.7 Å². The fourth-order valence-electron chi connectivity index (χ4n) is 2.28. The summed E-state index contributed by atoms with van der Waals surface area (Å²) < 4.78 is 13.2. The van der Waals surface area contributed by atoms with E-state index in [1.165, 1.54) is 0 Å². The first-order chi connectivity index (χ1) is 11.3. The Bertz CT molecular complexity index is 630. The molecule has 3 rings (SSSR count). The first-order valence-corrected chi connectivity index (χ1v) is 7.64. The number of para-hydroxylation sites is 2. The van der Waals surface area contributed by atoms with Gasteiger partial charge in [-0.1, -0.05) is 12.1 Å². The van der Waals surface area contributed by atoms with Crippen molar-refractivity contribution in [2.24, 2.45) is 0 Å². The van der Waals surface area contributed by atoms with Crippen molar-refractivity contribution >= 4 is 5.91 Å². The van der Waals surface area contributed by atoms with Crippen molar-refractivity contribution < 1.29 is 14.3 Å². The van der Waals surface area contributed by atoms with E-state index < -0.39 is 0 Å². The maximum absolute atomic E-state index is 11.8. The second kappa shape index (κ2) is 7.64. The third-order valence-electron chi connectivity index (χ3n) is 3.46. The minimum atomic E-state index is -0.169. The van der Waals surface area contributed by atoms with Gasteiger partial charge in [0.25, 0.3) is 0 Å². The molecule has 1 amide bonds. The number of aromatic nitrogens is 2. The van der Waals surface area contributed by atoms with Gasteiger partial charge in [-0.15, -0.1) is 0 Å². The molecule has 1 aromatic heterocycles. The monoisotopic (exact) mass is 316 g/mol. The Balaban J connectivity index is 1.32. The highest BCUT2D eigenvalue weighted by atomic mass is 16.6. The van der Waals surface area contributed by atoms with Gasteiger partial charge in [0.1, 0.15) is 12.7 Å². The summed E-state index contributed by atoms with van der Waals surface area (Å²) in [6, 6.07) is 9.40.